The van der Waals surface area contributed by atoms with Crippen LogP contribution in [0.2, 0.25) is 0 Å². The number of aromatic nitrogens is 2. The van der Waals surface area contributed by atoms with Crippen molar-refractivity contribution in [2.45, 2.75) is 6.17 Å². The number of para-hydroxylation sites is 3. The maximum Gasteiger partial charge on any atom is 0.145 e. The summed E-state index contributed by atoms with van der Waals surface area (Å²) in [7, 11) is 0. The molecule has 48 heavy (non-hydrogen) atoms. The second-order valence-electron chi connectivity index (χ2n) is 12.4. The Morgan fingerprint density at radius 1 is 0.458 bits per heavy atom. The predicted octanol–water partition coefficient (Wildman–Crippen LogP) is 10.8. The fourth-order valence-electron chi connectivity index (χ4n) is 7.64. The Morgan fingerprint density at radius 2 is 1.00 bits per heavy atom. The Bertz CT molecular complexity index is 2680. The first-order valence-corrected chi connectivity index (χ1v) is 16.4. The van der Waals surface area contributed by atoms with Crippen LogP contribution >= 0.6 is 0 Å². The van der Waals surface area contributed by atoms with Gasteiger partial charge < -0.3 is 14.5 Å². The fourth-order valence-corrected chi connectivity index (χ4v) is 7.64. The van der Waals surface area contributed by atoms with Crippen LogP contribution in [0.5, 0.6) is 0 Å². The van der Waals surface area contributed by atoms with Crippen molar-refractivity contribution in [3.8, 4) is 11.4 Å². The predicted molar refractivity (Wildman–Crippen MR) is 200 cm³/mol. The van der Waals surface area contributed by atoms with Crippen molar-refractivity contribution in [2.75, 3.05) is 5.32 Å². The number of benzene rings is 7. The molecule has 1 aliphatic rings. The van der Waals surface area contributed by atoms with E-state index in [2.05, 4.69) is 178 Å². The molecule has 10 rings (SSSR count). The van der Waals surface area contributed by atoms with E-state index in [4.69, 9.17) is 4.99 Å². The highest BCUT2D eigenvalue weighted by Crippen LogP contribution is 2.43. The summed E-state index contributed by atoms with van der Waals surface area (Å²) in [6, 6.07) is 60.6. The second kappa shape index (κ2) is 10.6. The molecule has 1 atom stereocenters. The molecule has 2 aromatic heterocycles. The molecular formula is C44H30N4. The van der Waals surface area contributed by atoms with Crippen LogP contribution in [-0.2, 0) is 0 Å². The van der Waals surface area contributed by atoms with Gasteiger partial charge in [0.2, 0.25) is 0 Å². The van der Waals surface area contributed by atoms with E-state index in [1.54, 1.807) is 0 Å². The van der Waals surface area contributed by atoms with E-state index >= 15 is 0 Å². The molecule has 3 heterocycles. The highest BCUT2D eigenvalue weighted by molar-refractivity contribution is 6.29. The number of hydrogen-bond donors (Lipinski definition) is 1. The number of hydrogen-bond acceptors (Lipinski definition) is 2. The van der Waals surface area contributed by atoms with Crippen LogP contribution in [0.25, 0.3) is 55.0 Å². The Labute approximate surface area is 277 Å². The smallest absolute Gasteiger partial charge is 0.145 e. The molecule has 0 radical (unpaired) electrons. The van der Waals surface area contributed by atoms with Gasteiger partial charge in [0.15, 0.2) is 0 Å². The quantitative estimate of drug-likeness (QED) is 0.210. The zero-order chi connectivity index (χ0) is 31.6. The van der Waals surface area contributed by atoms with Gasteiger partial charge in [0, 0.05) is 49.7 Å². The highest BCUT2D eigenvalue weighted by atomic mass is 15.1. The van der Waals surface area contributed by atoms with E-state index in [0.29, 0.717) is 0 Å². The van der Waals surface area contributed by atoms with E-state index in [-0.39, 0.29) is 6.17 Å². The number of aliphatic imine (C=N–C) groups is 1. The average Bonchev–Trinajstić information content (AvgIpc) is 3.68. The van der Waals surface area contributed by atoms with Gasteiger partial charge in [-0.15, -0.1) is 0 Å². The van der Waals surface area contributed by atoms with Gasteiger partial charge in [0.1, 0.15) is 6.17 Å². The first-order chi connectivity index (χ1) is 23.8. The molecule has 1 N–H and O–H groups in total. The highest BCUT2D eigenvalue weighted by Gasteiger charge is 2.25. The summed E-state index contributed by atoms with van der Waals surface area (Å²) >= 11 is 0. The summed E-state index contributed by atoms with van der Waals surface area (Å²) in [6.07, 6.45) is -0.164. The van der Waals surface area contributed by atoms with E-state index in [0.717, 1.165) is 39.5 Å². The minimum absolute atomic E-state index is 0.164. The molecule has 1 aliphatic heterocycles. The SMILES string of the molecule is c1ccc(C2=NC(c3ccccc3)Nc3ccc(-n4c5ccccc5c5c6c7ccccc7n(-c7ccccc7)c6ccc54)cc32)cc1. The third-order valence-electron chi connectivity index (χ3n) is 9.72. The molecule has 0 spiro atoms. The lowest BCUT2D eigenvalue weighted by Crippen LogP contribution is -2.21. The van der Waals surface area contributed by atoms with Crippen molar-refractivity contribution < 1.29 is 0 Å². The lowest BCUT2D eigenvalue weighted by atomic mass is 9.97. The van der Waals surface area contributed by atoms with Crippen LogP contribution in [-0.4, -0.2) is 14.8 Å². The third kappa shape index (κ3) is 3.99. The Kier molecular flexibility index (Phi) is 5.90. The monoisotopic (exact) mass is 614 g/mol. The zero-order valence-electron chi connectivity index (χ0n) is 26.1. The molecule has 0 bridgehead atoms. The zero-order valence-corrected chi connectivity index (χ0v) is 26.1. The normalized spacial score (nSPS) is 14.3. The summed E-state index contributed by atoms with van der Waals surface area (Å²) in [4.78, 5) is 5.31. The number of nitrogens with one attached hydrogen (secondary N) is 1. The maximum absolute atomic E-state index is 5.31. The maximum atomic E-state index is 5.31. The van der Waals surface area contributed by atoms with Crippen LogP contribution in [0, 0.1) is 0 Å². The summed E-state index contributed by atoms with van der Waals surface area (Å²) in [5.41, 5.74) is 12.5. The third-order valence-corrected chi connectivity index (χ3v) is 9.72. The first kappa shape index (κ1) is 26.8. The lowest BCUT2D eigenvalue weighted by Gasteiger charge is -2.27. The summed E-state index contributed by atoms with van der Waals surface area (Å²) in [5, 5.41) is 8.77. The van der Waals surface area contributed by atoms with Crippen LogP contribution in [0.1, 0.15) is 22.9 Å². The van der Waals surface area contributed by atoms with Gasteiger partial charge in [-0.3, -0.25) is 4.99 Å². The van der Waals surface area contributed by atoms with Gasteiger partial charge in [-0.1, -0.05) is 115 Å². The van der Waals surface area contributed by atoms with Crippen molar-refractivity contribution in [3.05, 3.63) is 187 Å². The number of nitrogens with zero attached hydrogens (tertiary/aromatic N) is 3. The van der Waals surface area contributed by atoms with Crippen LogP contribution in [0.4, 0.5) is 5.69 Å². The van der Waals surface area contributed by atoms with Gasteiger partial charge in [-0.2, -0.15) is 0 Å². The van der Waals surface area contributed by atoms with Crippen molar-refractivity contribution in [1.29, 1.82) is 0 Å². The largest absolute Gasteiger partial charge is 0.360 e. The van der Waals surface area contributed by atoms with Crippen LogP contribution in [0.15, 0.2) is 175 Å². The van der Waals surface area contributed by atoms with Crippen molar-refractivity contribution in [1.82, 2.24) is 9.13 Å². The summed E-state index contributed by atoms with van der Waals surface area (Å²) in [6.45, 7) is 0. The number of rotatable bonds is 4. The molecular weight excluding hydrogens is 585 g/mol. The minimum Gasteiger partial charge on any atom is -0.360 e. The summed E-state index contributed by atoms with van der Waals surface area (Å²) < 4.78 is 4.82. The molecule has 1 unspecified atom stereocenters. The Hall–Kier alpha value is -6.39. The molecule has 0 saturated carbocycles. The molecule has 7 aromatic carbocycles. The molecule has 4 heteroatoms. The number of fused-ring (bicyclic) bond motifs is 8. The topological polar surface area (TPSA) is 34.2 Å². The second-order valence-corrected chi connectivity index (χ2v) is 12.4. The molecule has 226 valence electrons. The molecule has 0 aliphatic carbocycles. The minimum atomic E-state index is -0.164. The van der Waals surface area contributed by atoms with E-state index < -0.39 is 0 Å². The molecule has 0 fully saturated rings. The van der Waals surface area contributed by atoms with E-state index in [1.807, 2.05) is 6.07 Å². The molecule has 4 nitrogen and oxygen atoms in total. The summed E-state index contributed by atoms with van der Waals surface area (Å²) in [5.74, 6) is 0. The van der Waals surface area contributed by atoms with E-state index in [9.17, 15) is 0 Å². The van der Waals surface area contributed by atoms with Crippen molar-refractivity contribution in [2.24, 2.45) is 4.99 Å². The first-order valence-electron chi connectivity index (χ1n) is 16.4. The van der Waals surface area contributed by atoms with Gasteiger partial charge >= 0.3 is 0 Å². The molecule has 0 saturated heterocycles. The van der Waals surface area contributed by atoms with E-state index in [1.165, 1.54) is 43.6 Å². The fraction of sp³-hybridized carbons (Fsp3) is 0.0227. The van der Waals surface area contributed by atoms with Crippen LogP contribution < -0.4 is 5.32 Å². The van der Waals surface area contributed by atoms with Gasteiger partial charge in [0.25, 0.3) is 0 Å². The van der Waals surface area contributed by atoms with Gasteiger partial charge in [-0.05, 0) is 60.2 Å². The van der Waals surface area contributed by atoms with Crippen molar-refractivity contribution in [3.63, 3.8) is 0 Å². The standard InChI is InChI=1S/C44H30N4/c1-4-14-29(15-5-1)43-35-28-32(24-25-36(35)45-44(46-43)30-16-6-2-7-17-30)48-38-23-13-11-21-34(38)42-40(48)27-26-39-41(42)33-20-10-12-22-37(33)47(39)31-18-8-3-9-19-31/h1-28,44-45H. The molecule has 9 aromatic rings. The van der Waals surface area contributed by atoms with Gasteiger partial charge in [-0.25, -0.2) is 0 Å². The Balaban J connectivity index is 1.24. The number of anilines is 1. The van der Waals surface area contributed by atoms with Gasteiger partial charge in [0.05, 0.1) is 27.8 Å². The average molecular weight is 615 g/mol. The Morgan fingerprint density at radius 3 is 1.65 bits per heavy atom. The molecule has 0 amide bonds. The lowest BCUT2D eigenvalue weighted by molar-refractivity contribution is 0.828. The van der Waals surface area contributed by atoms with Crippen molar-refractivity contribution >= 4 is 55.0 Å². The van der Waals surface area contributed by atoms with Crippen LogP contribution in [0.3, 0.4) is 0 Å².